The predicted octanol–water partition coefficient (Wildman–Crippen LogP) is 4.20. The van der Waals surface area contributed by atoms with Crippen molar-refractivity contribution in [3.63, 3.8) is 0 Å². The van der Waals surface area contributed by atoms with Gasteiger partial charge in [0.25, 0.3) is 5.56 Å². The summed E-state index contributed by atoms with van der Waals surface area (Å²) in [5.41, 5.74) is 3.75. The van der Waals surface area contributed by atoms with Crippen LogP contribution < -0.4 is 15.6 Å². The highest BCUT2D eigenvalue weighted by Crippen LogP contribution is 2.30. The zero-order valence-electron chi connectivity index (χ0n) is 16.2. The van der Waals surface area contributed by atoms with Gasteiger partial charge in [0.05, 0.1) is 5.69 Å². The molecule has 29 heavy (non-hydrogen) atoms. The number of fused-ring (bicyclic) bond motifs is 3. The highest BCUT2D eigenvalue weighted by atomic mass is 16.5. The number of ether oxygens (including phenoxy) is 1. The second-order valence-corrected chi connectivity index (χ2v) is 7.52. The topological polar surface area (TPSA) is 56.4 Å². The Labute approximate surface area is 168 Å². The molecule has 2 aromatic carbocycles. The lowest BCUT2D eigenvalue weighted by Crippen LogP contribution is -2.32. The molecule has 0 radical (unpaired) electrons. The predicted molar refractivity (Wildman–Crippen MR) is 113 cm³/mol. The number of rotatable bonds is 4. The van der Waals surface area contributed by atoms with Crippen molar-refractivity contribution >= 4 is 11.0 Å². The highest BCUT2D eigenvalue weighted by molar-refractivity contribution is 5.84. The van der Waals surface area contributed by atoms with Crippen molar-refractivity contribution < 1.29 is 9.15 Å². The highest BCUT2D eigenvalue weighted by Gasteiger charge is 2.21. The van der Waals surface area contributed by atoms with Crippen molar-refractivity contribution in [1.29, 1.82) is 0 Å². The first-order valence-electron chi connectivity index (χ1n) is 9.85. The van der Waals surface area contributed by atoms with Gasteiger partial charge < -0.3 is 14.5 Å². The smallest absolute Gasteiger partial charge is 0.258 e. The van der Waals surface area contributed by atoms with Crippen molar-refractivity contribution in [2.45, 2.75) is 32.5 Å². The molecule has 3 heterocycles. The Hall–Kier alpha value is -3.31. The molecule has 1 atom stereocenters. The zero-order valence-corrected chi connectivity index (χ0v) is 16.2. The van der Waals surface area contributed by atoms with Crippen LogP contribution in [-0.4, -0.2) is 10.6 Å². The van der Waals surface area contributed by atoms with E-state index < -0.39 is 0 Å². The average molecular weight is 386 g/mol. The Balaban J connectivity index is 1.41. The van der Waals surface area contributed by atoms with E-state index >= 15 is 0 Å². The van der Waals surface area contributed by atoms with Gasteiger partial charge in [-0.15, -0.1) is 0 Å². The number of benzene rings is 2. The van der Waals surface area contributed by atoms with Crippen LogP contribution in [0, 0.1) is 0 Å². The monoisotopic (exact) mass is 386 g/mol. The van der Waals surface area contributed by atoms with Gasteiger partial charge in [-0.2, -0.15) is 0 Å². The van der Waals surface area contributed by atoms with Crippen LogP contribution in [0.15, 0.2) is 76.1 Å². The molecule has 5 rings (SSSR count). The summed E-state index contributed by atoms with van der Waals surface area (Å²) >= 11 is 0. The van der Waals surface area contributed by atoms with E-state index in [0.29, 0.717) is 18.4 Å². The maximum Gasteiger partial charge on any atom is 0.258 e. The summed E-state index contributed by atoms with van der Waals surface area (Å²) in [5, 5.41) is 4.58. The largest absolute Gasteiger partial charge is 0.489 e. The normalized spacial score (nSPS) is 16.0. The third kappa shape index (κ3) is 3.45. The summed E-state index contributed by atoms with van der Waals surface area (Å²) in [6.45, 7) is 3.40. The van der Waals surface area contributed by atoms with Crippen molar-refractivity contribution in [3.05, 3.63) is 94.1 Å². The number of pyridine rings is 1. The summed E-state index contributed by atoms with van der Waals surface area (Å²) < 4.78 is 13.5. The summed E-state index contributed by atoms with van der Waals surface area (Å²) in [7, 11) is 0. The Kier molecular flexibility index (Phi) is 4.45. The summed E-state index contributed by atoms with van der Waals surface area (Å²) in [6.07, 6.45) is 2.63. The molecule has 0 saturated heterocycles. The number of furan rings is 1. The van der Waals surface area contributed by atoms with Gasteiger partial charge in [-0.3, -0.25) is 9.36 Å². The molecule has 5 nitrogen and oxygen atoms in total. The van der Waals surface area contributed by atoms with Gasteiger partial charge in [0.2, 0.25) is 0 Å². The van der Waals surface area contributed by atoms with Crippen LogP contribution in [0.25, 0.3) is 16.7 Å². The van der Waals surface area contributed by atoms with Crippen LogP contribution in [-0.2, 0) is 19.6 Å². The van der Waals surface area contributed by atoms with Gasteiger partial charge >= 0.3 is 0 Å². The Morgan fingerprint density at radius 1 is 1.14 bits per heavy atom. The van der Waals surface area contributed by atoms with E-state index in [1.54, 1.807) is 10.8 Å². The van der Waals surface area contributed by atoms with E-state index in [2.05, 4.69) is 12.2 Å². The van der Waals surface area contributed by atoms with E-state index in [4.69, 9.17) is 9.15 Å². The Bertz CT molecular complexity index is 1220. The fraction of sp³-hybridized carbons (Fsp3) is 0.208. The summed E-state index contributed by atoms with van der Waals surface area (Å²) in [4.78, 5) is 12.7. The van der Waals surface area contributed by atoms with E-state index in [1.807, 2.05) is 54.6 Å². The molecule has 0 spiro atoms. The number of aromatic nitrogens is 1. The van der Waals surface area contributed by atoms with E-state index in [1.165, 1.54) is 11.6 Å². The first-order chi connectivity index (χ1) is 14.2. The van der Waals surface area contributed by atoms with Gasteiger partial charge in [0, 0.05) is 48.3 Å². The number of nitrogens with one attached hydrogen (secondary N) is 1. The lowest BCUT2D eigenvalue weighted by molar-refractivity contribution is 0.305. The van der Waals surface area contributed by atoms with Crippen molar-refractivity contribution in [2.75, 3.05) is 0 Å². The van der Waals surface area contributed by atoms with Crippen LogP contribution in [0.1, 0.15) is 23.8 Å². The average Bonchev–Trinajstić information content (AvgIpc) is 3.09. The first-order valence-corrected chi connectivity index (χ1v) is 9.85. The molecule has 0 fully saturated rings. The zero-order chi connectivity index (χ0) is 19.8. The van der Waals surface area contributed by atoms with Gasteiger partial charge in [-0.1, -0.05) is 30.3 Å². The van der Waals surface area contributed by atoms with Crippen LogP contribution >= 0.6 is 0 Å². The quantitative estimate of drug-likeness (QED) is 0.571. The Morgan fingerprint density at radius 3 is 2.83 bits per heavy atom. The van der Waals surface area contributed by atoms with Crippen LogP contribution in [0.4, 0.5) is 0 Å². The van der Waals surface area contributed by atoms with E-state index in [0.717, 1.165) is 40.9 Å². The second kappa shape index (κ2) is 7.26. The summed E-state index contributed by atoms with van der Waals surface area (Å²) in [5.74, 6) is 1.60. The SMILES string of the molecule is CC1Cc2oc3cc(-n4ccc(OCc5ccccc5)cc4=O)ccc3c2CN1. The van der Waals surface area contributed by atoms with Crippen molar-refractivity contribution in [2.24, 2.45) is 0 Å². The lowest BCUT2D eigenvalue weighted by Gasteiger charge is -2.18. The van der Waals surface area contributed by atoms with Crippen molar-refractivity contribution in [1.82, 2.24) is 9.88 Å². The third-order valence-corrected chi connectivity index (χ3v) is 5.40. The second-order valence-electron chi connectivity index (χ2n) is 7.52. The molecule has 146 valence electrons. The minimum Gasteiger partial charge on any atom is -0.489 e. The number of hydrogen-bond donors (Lipinski definition) is 1. The van der Waals surface area contributed by atoms with Crippen LogP contribution in [0.2, 0.25) is 0 Å². The lowest BCUT2D eigenvalue weighted by atomic mass is 10.0. The molecular weight excluding hydrogens is 364 g/mol. The molecular formula is C24H22N2O3. The summed E-state index contributed by atoms with van der Waals surface area (Å²) in [6, 6.07) is 19.6. The first kappa shape index (κ1) is 17.8. The fourth-order valence-corrected chi connectivity index (χ4v) is 3.83. The third-order valence-electron chi connectivity index (χ3n) is 5.40. The van der Waals surface area contributed by atoms with E-state index in [9.17, 15) is 4.79 Å². The molecule has 2 aromatic heterocycles. The molecule has 4 aromatic rings. The molecule has 0 aliphatic carbocycles. The van der Waals surface area contributed by atoms with Gasteiger partial charge in [0.15, 0.2) is 0 Å². The van der Waals surface area contributed by atoms with Crippen molar-refractivity contribution in [3.8, 4) is 11.4 Å². The maximum atomic E-state index is 12.7. The number of nitrogens with zero attached hydrogens (tertiary/aromatic N) is 1. The maximum absolute atomic E-state index is 12.7. The molecule has 1 N–H and O–H groups in total. The Morgan fingerprint density at radius 2 is 2.00 bits per heavy atom. The number of hydrogen-bond acceptors (Lipinski definition) is 4. The van der Waals surface area contributed by atoms with E-state index in [-0.39, 0.29) is 5.56 Å². The molecule has 1 aliphatic heterocycles. The van der Waals surface area contributed by atoms with Gasteiger partial charge in [-0.25, -0.2) is 0 Å². The van der Waals surface area contributed by atoms with Gasteiger partial charge in [-0.05, 0) is 30.7 Å². The molecule has 1 unspecified atom stereocenters. The minimum atomic E-state index is -0.137. The molecule has 0 bridgehead atoms. The minimum absolute atomic E-state index is 0.137. The molecule has 1 aliphatic rings. The molecule has 0 amide bonds. The fourth-order valence-electron chi connectivity index (χ4n) is 3.83. The van der Waals surface area contributed by atoms with Gasteiger partial charge in [0.1, 0.15) is 23.7 Å². The van der Waals surface area contributed by atoms with Crippen LogP contribution in [0.3, 0.4) is 0 Å². The van der Waals surface area contributed by atoms with Crippen LogP contribution in [0.5, 0.6) is 5.75 Å². The molecule has 5 heteroatoms. The standard InChI is InChI=1S/C24H22N2O3/c1-16-11-22-21(14-25-16)20-8-7-18(12-23(20)29-22)26-10-9-19(13-24(26)27)28-15-17-5-3-2-4-6-17/h2-10,12-13,16,25H,11,14-15H2,1H3. The molecule has 0 saturated carbocycles.